The van der Waals surface area contributed by atoms with Crippen LogP contribution >= 0.6 is 12.2 Å². The molecule has 3 nitrogen and oxygen atoms in total. The monoisotopic (exact) mass is 290 g/mol. The maximum absolute atomic E-state index is 5.57. The van der Waals surface area contributed by atoms with Crippen LogP contribution in [0.3, 0.4) is 0 Å². The Morgan fingerprint density at radius 2 is 2.10 bits per heavy atom. The summed E-state index contributed by atoms with van der Waals surface area (Å²) in [5.74, 6) is 2.30. The average Bonchev–Trinajstić information content (AvgIpc) is 2.77. The van der Waals surface area contributed by atoms with Crippen LogP contribution in [-0.2, 0) is 0 Å². The topological polar surface area (TPSA) is 29.9 Å². The minimum Gasteiger partial charge on any atom is -0.497 e. The van der Waals surface area contributed by atoms with E-state index in [1.165, 1.54) is 24.8 Å². The molecule has 20 heavy (non-hydrogen) atoms. The molecule has 2 aromatic rings. The van der Waals surface area contributed by atoms with Crippen LogP contribution < -0.4 is 4.74 Å². The molecule has 0 bridgehead atoms. The van der Waals surface area contributed by atoms with Crippen LogP contribution in [-0.4, -0.2) is 16.7 Å². The molecule has 1 fully saturated rings. The van der Waals surface area contributed by atoms with Gasteiger partial charge >= 0.3 is 0 Å². The average molecular weight is 290 g/mol. The van der Waals surface area contributed by atoms with E-state index in [2.05, 4.69) is 35.5 Å². The van der Waals surface area contributed by atoms with Crippen molar-refractivity contribution in [3.8, 4) is 5.75 Å². The first-order valence-electron chi connectivity index (χ1n) is 7.40. The second-order valence-electron chi connectivity index (χ2n) is 6.02. The van der Waals surface area contributed by atoms with Gasteiger partial charge in [0.05, 0.1) is 18.1 Å². The van der Waals surface area contributed by atoms with Crippen LogP contribution in [0.25, 0.3) is 11.0 Å². The number of fused-ring (bicyclic) bond motifs is 1. The lowest BCUT2D eigenvalue weighted by molar-refractivity contribution is 0.188. The van der Waals surface area contributed by atoms with Gasteiger partial charge in [0.25, 0.3) is 0 Å². The first-order valence-corrected chi connectivity index (χ1v) is 7.81. The number of aromatic amines is 1. The number of imidazole rings is 1. The highest BCUT2D eigenvalue weighted by molar-refractivity contribution is 7.71. The molecular formula is C16H22N2OS. The van der Waals surface area contributed by atoms with E-state index in [-0.39, 0.29) is 0 Å². The van der Waals surface area contributed by atoms with E-state index in [0.717, 1.165) is 22.0 Å². The maximum atomic E-state index is 5.57. The molecule has 108 valence electrons. The third-order valence-electron chi connectivity index (χ3n) is 4.92. The number of nitrogens with zero attached hydrogens (tertiary/aromatic N) is 1. The largest absolute Gasteiger partial charge is 0.497 e. The Hall–Kier alpha value is -1.29. The molecule has 3 atom stereocenters. The van der Waals surface area contributed by atoms with Crippen LogP contribution in [0.15, 0.2) is 18.2 Å². The Balaban J connectivity index is 2.14. The molecule has 1 aromatic carbocycles. The van der Waals surface area contributed by atoms with Crippen molar-refractivity contribution in [2.45, 2.75) is 39.2 Å². The quantitative estimate of drug-likeness (QED) is 0.812. The Bertz CT molecular complexity index is 673. The van der Waals surface area contributed by atoms with Crippen molar-refractivity contribution in [2.24, 2.45) is 11.8 Å². The van der Waals surface area contributed by atoms with E-state index >= 15 is 0 Å². The third-order valence-corrected chi connectivity index (χ3v) is 5.22. The van der Waals surface area contributed by atoms with Gasteiger partial charge < -0.3 is 14.3 Å². The van der Waals surface area contributed by atoms with Gasteiger partial charge in [0.1, 0.15) is 5.75 Å². The highest BCUT2D eigenvalue weighted by Crippen LogP contribution is 2.39. The van der Waals surface area contributed by atoms with Gasteiger partial charge in [-0.15, -0.1) is 0 Å². The van der Waals surface area contributed by atoms with Crippen molar-refractivity contribution in [3.05, 3.63) is 23.0 Å². The molecule has 1 aliphatic carbocycles. The molecular weight excluding hydrogens is 268 g/mol. The Morgan fingerprint density at radius 1 is 1.30 bits per heavy atom. The zero-order chi connectivity index (χ0) is 14.3. The van der Waals surface area contributed by atoms with Gasteiger partial charge in [0.15, 0.2) is 4.77 Å². The molecule has 0 aliphatic heterocycles. The molecule has 3 rings (SSSR count). The van der Waals surface area contributed by atoms with E-state index in [0.29, 0.717) is 12.0 Å². The summed E-state index contributed by atoms with van der Waals surface area (Å²) >= 11 is 5.57. The van der Waals surface area contributed by atoms with E-state index in [1.807, 2.05) is 6.07 Å². The van der Waals surface area contributed by atoms with E-state index in [1.54, 1.807) is 7.11 Å². The number of ether oxygens (including phenoxy) is 1. The van der Waals surface area contributed by atoms with Crippen molar-refractivity contribution < 1.29 is 4.74 Å². The minimum atomic E-state index is 0.493. The normalized spacial score (nSPS) is 26.9. The summed E-state index contributed by atoms with van der Waals surface area (Å²) in [5.41, 5.74) is 2.27. The fraction of sp³-hybridized carbons (Fsp3) is 0.562. The summed E-state index contributed by atoms with van der Waals surface area (Å²) in [6.45, 7) is 4.71. The first kappa shape index (κ1) is 13.7. The Kier molecular flexibility index (Phi) is 3.59. The summed E-state index contributed by atoms with van der Waals surface area (Å²) < 4.78 is 8.51. The fourth-order valence-corrected chi connectivity index (χ4v) is 3.82. The molecule has 1 aliphatic rings. The van der Waals surface area contributed by atoms with E-state index in [9.17, 15) is 0 Å². The van der Waals surface area contributed by atoms with Gasteiger partial charge in [-0.1, -0.05) is 26.7 Å². The number of nitrogens with one attached hydrogen (secondary N) is 1. The molecule has 0 spiro atoms. The lowest BCUT2D eigenvalue weighted by Crippen LogP contribution is -2.27. The third kappa shape index (κ3) is 2.16. The lowest BCUT2D eigenvalue weighted by atomic mass is 9.78. The van der Waals surface area contributed by atoms with Gasteiger partial charge in [-0.25, -0.2) is 0 Å². The summed E-state index contributed by atoms with van der Waals surface area (Å²) in [7, 11) is 1.71. The second kappa shape index (κ2) is 5.24. The smallest absolute Gasteiger partial charge is 0.178 e. The predicted molar refractivity (Wildman–Crippen MR) is 84.9 cm³/mol. The number of benzene rings is 1. The second-order valence-corrected chi connectivity index (χ2v) is 6.40. The highest BCUT2D eigenvalue weighted by Gasteiger charge is 2.29. The molecule has 1 aromatic heterocycles. The Morgan fingerprint density at radius 3 is 2.85 bits per heavy atom. The molecule has 1 heterocycles. The van der Waals surface area contributed by atoms with Crippen molar-refractivity contribution in [2.75, 3.05) is 7.11 Å². The highest BCUT2D eigenvalue weighted by atomic mass is 32.1. The fourth-order valence-electron chi connectivity index (χ4n) is 3.48. The van der Waals surface area contributed by atoms with Crippen LogP contribution in [0.4, 0.5) is 0 Å². The molecule has 4 heteroatoms. The minimum absolute atomic E-state index is 0.493. The maximum Gasteiger partial charge on any atom is 0.178 e. The van der Waals surface area contributed by atoms with Crippen molar-refractivity contribution in [1.29, 1.82) is 0 Å². The summed E-state index contributed by atoms with van der Waals surface area (Å²) in [6, 6.07) is 6.61. The summed E-state index contributed by atoms with van der Waals surface area (Å²) in [6.07, 6.45) is 3.83. The molecule has 3 unspecified atom stereocenters. The number of rotatable bonds is 2. The van der Waals surface area contributed by atoms with Gasteiger partial charge in [0, 0.05) is 12.1 Å². The van der Waals surface area contributed by atoms with Crippen molar-refractivity contribution in [1.82, 2.24) is 9.55 Å². The van der Waals surface area contributed by atoms with Gasteiger partial charge in [-0.2, -0.15) is 0 Å². The molecule has 0 radical (unpaired) electrons. The number of aromatic nitrogens is 2. The van der Waals surface area contributed by atoms with Gasteiger partial charge in [0.2, 0.25) is 0 Å². The number of hydrogen-bond acceptors (Lipinski definition) is 2. The van der Waals surface area contributed by atoms with Crippen molar-refractivity contribution in [3.63, 3.8) is 0 Å². The van der Waals surface area contributed by atoms with Gasteiger partial charge in [-0.3, -0.25) is 0 Å². The zero-order valence-electron chi connectivity index (χ0n) is 12.3. The van der Waals surface area contributed by atoms with Gasteiger partial charge in [-0.05, 0) is 42.6 Å². The van der Waals surface area contributed by atoms with E-state index in [4.69, 9.17) is 17.0 Å². The number of methoxy groups -OCH3 is 1. The Labute approximate surface area is 125 Å². The van der Waals surface area contributed by atoms with Crippen LogP contribution in [0.2, 0.25) is 0 Å². The standard InChI is InChI=1S/C16H22N2OS/c1-10-5-4-6-14(11(10)2)18-15-9-12(19-3)7-8-13(15)17-16(18)20/h7-11,14H,4-6H2,1-3H3,(H,17,20). The summed E-state index contributed by atoms with van der Waals surface area (Å²) in [5, 5.41) is 0. The van der Waals surface area contributed by atoms with Crippen LogP contribution in [0.5, 0.6) is 5.75 Å². The SMILES string of the molecule is COc1ccc2[nH]c(=S)n(C3CCCC(C)C3C)c2c1. The first-order chi connectivity index (χ1) is 9.61. The number of H-pyrrole nitrogens is 1. The number of hydrogen-bond donors (Lipinski definition) is 1. The molecule has 0 saturated heterocycles. The van der Waals surface area contributed by atoms with E-state index < -0.39 is 0 Å². The van der Waals surface area contributed by atoms with Crippen LogP contribution in [0.1, 0.15) is 39.2 Å². The molecule has 1 saturated carbocycles. The summed E-state index contributed by atoms with van der Waals surface area (Å²) in [4.78, 5) is 3.33. The predicted octanol–water partition coefficient (Wildman–Crippen LogP) is 4.70. The lowest BCUT2D eigenvalue weighted by Gasteiger charge is -2.35. The van der Waals surface area contributed by atoms with Crippen molar-refractivity contribution >= 4 is 23.3 Å². The molecule has 0 amide bonds. The molecule has 1 N–H and O–H groups in total. The van der Waals surface area contributed by atoms with Crippen LogP contribution in [0, 0.1) is 16.6 Å². The zero-order valence-corrected chi connectivity index (χ0v) is 13.2.